The van der Waals surface area contributed by atoms with Gasteiger partial charge in [-0.1, -0.05) is 27.7 Å². The fourth-order valence-corrected chi connectivity index (χ4v) is 3.31. The van der Waals surface area contributed by atoms with Crippen molar-refractivity contribution < 1.29 is 9.59 Å². The molecule has 0 aromatic heterocycles. The molecule has 6 heteroatoms. The lowest BCUT2D eigenvalue weighted by Gasteiger charge is -2.33. The summed E-state index contributed by atoms with van der Waals surface area (Å²) in [4.78, 5) is 24.0. The minimum atomic E-state index is -0.846. The Morgan fingerprint density at radius 3 is 1.82 bits per heavy atom. The first kappa shape index (κ1) is 14.8. The zero-order valence-electron chi connectivity index (χ0n) is 10.5. The zero-order valence-corrected chi connectivity index (χ0v) is 12.9. The molecule has 0 atom stereocenters. The topological polar surface area (TPSA) is 40.6 Å². The Morgan fingerprint density at radius 1 is 1.18 bits per heavy atom. The molecule has 0 aromatic carbocycles. The van der Waals surface area contributed by atoms with Crippen LogP contribution in [0.1, 0.15) is 40.5 Å². The Bertz CT molecular complexity index is 323. The van der Waals surface area contributed by atoms with E-state index in [2.05, 4.69) is 16.1 Å². The van der Waals surface area contributed by atoms with Crippen LogP contribution in [0.4, 0.5) is 4.79 Å². The molecule has 0 N–H and O–H groups in total. The van der Waals surface area contributed by atoms with E-state index >= 15 is 0 Å². The largest absolute Gasteiger partial charge is 0.352 e. The van der Waals surface area contributed by atoms with E-state index in [1.807, 2.05) is 27.7 Å². The number of halogens is 2. The van der Waals surface area contributed by atoms with Crippen LogP contribution >= 0.6 is 27.9 Å². The molecule has 0 aromatic rings. The van der Waals surface area contributed by atoms with E-state index in [-0.39, 0.29) is 5.91 Å². The number of imide groups is 1. The maximum Gasteiger partial charge on any atom is 0.352 e. The Hall–Kier alpha value is -0.290. The van der Waals surface area contributed by atoms with Crippen molar-refractivity contribution in [2.24, 2.45) is 11.8 Å². The van der Waals surface area contributed by atoms with Gasteiger partial charge in [-0.25, -0.2) is 8.72 Å². The third-order valence-electron chi connectivity index (χ3n) is 2.78. The molecule has 4 nitrogen and oxygen atoms in total. The van der Waals surface area contributed by atoms with Gasteiger partial charge in [-0.3, -0.25) is 4.79 Å². The van der Waals surface area contributed by atoms with Crippen molar-refractivity contribution in [3.05, 3.63) is 0 Å². The van der Waals surface area contributed by atoms with Gasteiger partial charge in [-0.2, -0.15) is 4.42 Å². The van der Waals surface area contributed by atoms with Crippen LogP contribution in [0, 0.1) is 11.8 Å². The van der Waals surface area contributed by atoms with Crippen LogP contribution < -0.4 is 0 Å². The van der Waals surface area contributed by atoms with Crippen molar-refractivity contribution in [3.63, 3.8) is 0 Å². The highest BCUT2D eigenvalue weighted by Crippen LogP contribution is 2.41. The van der Waals surface area contributed by atoms with Gasteiger partial charge >= 0.3 is 6.03 Å². The standard InChI is InChI=1S/C11H18BrClN2O2/c1-7(2)5-11(6-8(3)4)9(16)14(13)10(17)15(11)12/h7-8H,5-6H2,1-4H3. The molecule has 1 fully saturated rings. The molecule has 0 aliphatic carbocycles. The van der Waals surface area contributed by atoms with E-state index in [1.54, 1.807) is 0 Å². The normalized spacial score (nSPS) is 20.0. The summed E-state index contributed by atoms with van der Waals surface area (Å²) >= 11 is 8.92. The fraction of sp³-hybridized carbons (Fsp3) is 0.818. The molecular formula is C11H18BrClN2O2. The molecule has 0 unspecified atom stereocenters. The van der Waals surface area contributed by atoms with Gasteiger partial charge < -0.3 is 0 Å². The monoisotopic (exact) mass is 324 g/mol. The first-order valence-electron chi connectivity index (χ1n) is 5.72. The minimum Gasteiger partial charge on any atom is -0.270 e. The fourth-order valence-electron chi connectivity index (χ4n) is 2.38. The third-order valence-corrected chi connectivity index (χ3v) is 4.06. The summed E-state index contributed by atoms with van der Waals surface area (Å²) in [5, 5.41) is 0. The predicted octanol–water partition coefficient (Wildman–Crippen LogP) is 3.55. The molecule has 1 rings (SSSR count). The first-order valence-corrected chi connectivity index (χ1v) is 6.77. The van der Waals surface area contributed by atoms with E-state index in [9.17, 15) is 9.59 Å². The minimum absolute atomic E-state index is 0.300. The second-order valence-corrected chi connectivity index (χ2v) is 6.42. The van der Waals surface area contributed by atoms with Crippen LogP contribution in [-0.2, 0) is 4.79 Å². The van der Waals surface area contributed by atoms with Gasteiger partial charge in [0.15, 0.2) is 0 Å². The zero-order chi connectivity index (χ0) is 13.4. The van der Waals surface area contributed by atoms with Gasteiger partial charge in [-0.05, 0) is 24.7 Å². The molecular weight excluding hydrogens is 307 g/mol. The van der Waals surface area contributed by atoms with E-state index in [1.165, 1.54) is 3.93 Å². The van der Waals surface area contributed by atoms with Crippen molar-refractivity contribution in [1.29, 1.82) is 0 Å². The van der Waals surface area contributed by atoms with Crippen molar-refractivity contribution >= 4 is 39.9 Å². The van der Waals surface area contributed by atoms with E-state index in [4.69, 9.17) is 11.8 Å². The van der Waals surface area contributed by atoms with Crippen molar-refractivity contribution in [2.75, 3.05) is 0 Å². The van der Waals surface area contributed by atoms with E-state index < -0.39 is 11.6 Å². The number of urea groups is 1. The lowest BCUT2D eigenvalue weighted by Crippen LogP contribution is -2.47. The van der Waals surface area contributed by atoms with Crippen molar-refractivity contribution in [2.45, 2.75) is 46.1 Å². The summed E-state index contributed by atoms with van der Waals surface area (Å²) in [6.45, 7) is 8.10. The van der Waals surface area contributed by atoms with E-state index in [0.29, 0.717) is 29.1 Å². The predicted molar refractivity (Wildman–Crippen MR) is 70.5 cm³/mol. The second-order valence-electron chi connectivity index (χ2n) is 5.38. The van der Waals surface area contributed by atoms with Crippen LogP contribution in [0.3, 0.4) is 0 Å². The molecule has 1 aliphatic rings. The van der Waals surface area contributed by atoms with Gasteiger partial charge in [0.25, 0.3) is 5.91 Å². The summed E-state index contributed by atoms with van der Waals surface area (Å²) in [7, 11) is 0. The number of nitrogens with zero attached hydrogens (tertiary/aromatic N) is 2. The van der Waals surface area contributed by atoms with Crippen molar-refractivity contribution in [1.82, 2.24) is 8.34 Å². The number of hydrogen-bond donors (Lipinski definition) is 0. The smallest absolute Gasteiger partial charge is 0.270 e. The first-order chi connectivity index (χ1) is 7.72. The summed E-state index contributed by atoms with van der Waals surface area (Å²) < 4.78 is 1.99. The quantitative estimate of drug-likeness (QED) is 0.586. The highest BCUT2D eigenvalue weighted by molar-refractivity contribution is 9.07. The maximum absolute atomic E-state index is 12.2. The molecule has 0 saturated carbocycles. The highest BCUT2D eigenvalue weighted by atomic mass is 79.9. The number of rotatable bonds is 4. The number of carbonyl (C=O) groups excluding carboxylic acids is 2. The van der Waals surface area contributed by atoms with Gasteiger partial charge in [0, 0.05) is 11.8 Å². The Morgan fingerprint density at radius 2 is 1.59 bits per heavy atom. The van der Waals surface area contributed by atoms with Crippen molar-refractivity contribution in [3.8, 4) is 0 Å². The SMILES string of the molecule is CC(C)CC1(CC(C)C)C(=O)N(Cl)C(=O)N1Br. The average Bonchev–Trinajstić information content (AvgIpc) is 2.33. The average molecular weight is 326 g/mol. The summed E-state index contributed by atoms with van der Waals surface area (Å²) in [5.74, 6) is 0.269. The molecule has 3 amide bonds. The maximum atomic E-state index is 12.2. The van der Waals surface area contributed by atoms with Gasteiger partial charge in [0.1, 0.15) is 5.54 Å². The molecule has 1 heterocycles. The molecule has 0 radical (unpaired) electrons. The lowest BCUT2D eigenvalue weighted by atomic mass is 9.82. The highest BCUT2D eigenvalue weighted by Gasteiger charge is 2.56. The number of hydrogen-bond acceptors (Lipinski definition) is 2. The molecule has 0 bridgehead atoms. The number of amides is 3. The Labute approximate surface area is 116 Å². The molecule has 0 spiro atoms. The third kappa shape index (κ3) is 2.60. The molecule has 1 saturated heterocycles. The van der Waals surface area contributed by atoms with Crippen LogP contribution in [-0.4, -0.2) is 25.8 Å². The van der Waals surface area contributed by atoms with Crippen LogP contribution in [0.5, 0.6) is 0 Å². The molecule has 17 heavy (non-hydrogen) atoms. The Balaban J connectivity index is 3.13. The summed E-state index contributed by atoms with van der Waals surface area (Å²) in [6, 6.07) is -0.502. The summed E-state index contributed by atoms with van der Waals surface area (Å²) in [5.41, 5.74) is -0.846. The number of carbonyl (C=O) groups is 2. The van der Waals surface area contributed by atoms with Gasteiger partial charge in [0.2, 0.25) is 0 Å². The Kier molecular flexibility index (Phi) is 4.47. The second kappa shape index (κ2) is 5.14. The van der Waals surface area contributed by atoms with Crippen LogP contribution in [0.2, 0.25) is 0 Å². The van der Waals surface area contributed by atoms with Gasteiger partial charge in [-0.15, -0.1) is 0 Å². The van der Waals surface area contributed by atoms with Gasteiger partial charge in [0.05, 0.1) is 16.1 Å². The molecule has 1 aliphatic heterocycles. The van der Waals surface area contributed by atoms with E-state index in [0.717, 1.165) is 0 Å². The van der Waals surface area contributed by atoms with Crippen LogP contribution in [0.15, 0.2) is 0 Å². The molecule has 98 valence electrons. The van der Waals surface area contributed by atoms with Crippen LogP contribution in [0.25, 0.3) is 0 Å². The lowest BCUT2D eigenvalue weighted by molar-refractivity contribution is -0.130. The summed E-state index contributed by atoms with van der Waals surface area (Å²) in [6.07, 6.45) is 1.20.